The number of benzene rings is 1. The molecule has 3 rings (SSSR count). The number of carbonyl (C=O) groups is 4. The van der Waals surface area contributed by atoms with Crippen LogP contribution < -0.4 is 0 Å². The molecule has 3 unspecified atom stereocenters. The molecule has 40 heavy (non-hydrogen) atoms. The highest BCUT2D eigenvalue weighted by molar-refractivity contribution is 8.00. The van der Waals surface area contributed by atoms with Gasteiger partial charge in [0.15, 0.2) is 0 Å². The standard InChI is InChI=1S/C31H34ClNO6S/c1-4-12-39-31(38)26(17-25(34)14-21-8-6-5-7-9-21)29-33-28(30(36)37)23(18-40-29)11-10-22-15-24(16-27(32)35)20(3)13-19(22)2/h5-11,13,15,20,26,29H,4,12,14,16-18H2,1-3H3,(H,36,37)/b22-10-,23-11+. The lowest BCUT2D eigenvalue weighted by Gasteiger charge is -2.26. The summed E-state index contributed by atoms with van der Waals surface area (Å²) in [5, 5.41) is 8.77. The maximum Gasteiger partial charge on any atom is 0.354 e. The monoisotopic (exact) mass is 583 g/mol. The van der Waals surface area contributed by atoms with E-state index in [4.69, 9.17) is 16.3 Å². The highest BCUT2D eigenvalue weighted by Crippen LogP contribution is 2.33. The van der Waals surface area contributed by atoms with Crippen molar-refractivity contribution in [2.45, 2.75) is 51.8 Å². The molecule has 9 heteroatoms. The Kier molecular flexibility index (Phi) is 11.7. The first-order chi connectivity index (χ1) is 19.1. The summed E-state index contributed by atoms with van der Waals surface area (Å²) in [4.78, 5) is 54.0. The number of ether oxygens (including phenoxy) is 1. The fourth-order valence-electron chi connectivity index (χ4n) is 4.53. The first kappa shape index (κ1) is 31.3. The van der Waals surface area contributed by atoms with Crippen LogP contribution in [0.5, 0.6) is 0 Å². The zero-order valence-electron chi connectivity index (χ0n) is 22.9. The van der Waals surface area contributed by atoms with Gasteiger partial charge in [-0.1, -0.05) is 74.1 Å². The number of hydrogen-bond donors (Lipinski definition) is 1. The summed E-state index contributed by atoms with van der Waals surface area (Å²) < 4.78 is 5.37. The Morgan fingerprint density at radius 3 is 2.55 bits per heavy atom. The number of aliphatic imine (C=N–C) groups is 1. The van der Waals surface area contributed by atoms with Crippen molar-refractivity contribution in [3.8, 4) is 0 Å². The number of hydrogen-bond acceptors (Lipinski definition) is 7. The lowest BCUT2D eigenvalue weighted by Crippen LogP contribution is -2.34. The average molecular weight is 584 g/mol. The second-order valence-corrected chi connectivity index (χ2v) is 11.4. The molecular weight excluding hydrogens is 550 g/mol. The molecule has 1 aliphatic heterocycles. The normalized spacial score (nSPS) is 21.8. The van der Waals surface area contributed by atoms with Crippen LogP contribution in [-0.2, 0) is 30.3 Å². The van der Waals surface area contributed by atoms with E-state index in [0.717, 1.165) is 22.3 Å². The first-order valence-corrected chi connectivity index (χ1v) is 14.7. The van der Waals surface area contributed by atoms with Crippen LogP contribution in [0, 0.1) is 11.8 Å². The van der Waals surface area contributed by atoms with Crippen LogP contribution in [0.4, 0.5) is 0 Å². The predicted molar refractivity (Wildman–Crippen MR) is 158 cm³/mol. The van der Waals surface area contributed by atoms with Crippen molar-refractivity contribution in [2.24, 2.45) is 16.8 Å². The smallest absolute Gasteiger partial charge is 0.354 e. The van der Waals surface area contributed by atoms with Gasteiger partial charge in [-0.15, -0.1) is 11.8 Å². The topological polar surface area (TPSA) is 110 Å². The molecule has 0 bridgehead atoms. The molecule has 1 heterocycles. The van der Waals surface area contributed by atoms with Gasteiger partial charge in [-0.25, -0.2) is 4.79 Å². The van der Waals surface area contributed by atoms with Gasteiger partial charge in [0.2, 0.25) is 5.24 Å². The van der Waals surface area contributed by atoms with Gasteiger partial charge in [-0.2, -0.15) is 0 Å². The van der Waals surface area contributed by atoms with Gasteiger partial charge in [-0.05, 0) is 53.1 Å². The van der Waals surface area contributed by atoms with Gasteiger partial charge in [0.1, 0.15) is 16.9 Å². The molecule has 7 nitrogen and oxygen atoms in total. The van der Waals surface area contributed by atoms with Crippen molar-refractivity contribution in [1.82, 2.24) is 0 Å². The third-order valence-electron chi connectivity index (χ3n) is 6.65. The summed E-state index contributed by atoms with van der Waals surface area (Å²) in [6.07, 6.45) is 8.30. The zero-order valence-corrected chi connectivity index (χ0v) is 24.5. The van der Waals surface area contributed by atoms with E-state index < -0.39 is 28.5 Å². The number of esters is 1. The van der Waals surface area contributed by atoms with Crippen LogP contribution in [0.25, 0.3) is 0 Å². The molecule has 0 aromatic heterocycles. The summed E-state index contributed by atoms with van der Waals surface area (Å²) in [5.74, 6) is -2.43. The summed E-state index contributed by atoms with van der Waals surface area (Å²) in [6.45, 7) is 6.03. The SMILES string of the molecule is CCCOC(=O)C(CC(=O)Cc1ccccc1)C1N=C(C(=O)O)/C(=C/C=C2/C=C(CC(=O)Cl)C(C)C=C2C)CS1. The van der Waals surface area contributed by atoms with E-state index in [-0.39, 0.29) is 43.3 Å². The summed E-state index contributed by atoms with van der Waals surface area (Å²) >= 11 is 6.92. The Morgan fingerprint density at radius 2 is 1.90 bits per heavy atom. The number of carboxylic acid groups (broad SMARTS) is 1. The van der Waals surface area contributed by atoms with E-state index in [1.54, 1.807) is 6.08 Å². The van der Waals surface area contributed by atoms with Crippen LogP contribution in [-0.4, -0.2) is 51.5 Å². The molecule has 0 radical (unpaired) electrons. The zero-order chi connectivity index (χ0) is 29.2. The van der Waals surface area contributed by atoms with Crippen molar-refractivity contribution in [1.29, 1.82) is 0 Å². The summed E-state index contributed by atoms with van der Waals surface area (Å²) in [6, 6.07) is 9.25. The van der Waals surface area contributed by atoms with Crippen molar-refractivity contribution in [3.63, 3.8) is 0 Å². The quantitative estimate of drug-likeness (QED) is 0.241. The van der Waals surface area contributed by atoms with E-state index in [1.807, 2.05) is 69.3 Å². The lowest BCUT2D eigenvalue weighted by molar-refractivity contribution is -0.150. The third kappa shape index (κ3) is 8.89. The van der Waals surface area contributed by atoms with E-state index in [2.05, 4.69) is 4.99 Å². The van der Waals surface area contributed by atoms with E-state index in [9.17, 15) is 24.3 Å². The molecule has 0 fully saturated rings. The summed E-state index contributed by atoms with van der Waals surface area (Å²) in [5.41, 5.74) is 3.92. The van der Waals surface area contributed by atoms with Gasteiger partial charge >= 0.3 is 11.9 Å². The third-order valence-corrected chi connectivity index (χ3v) is 8.03. The molecule has 1 N–H and O–H groups in total. The fraction of sp³-hybridized carbons (Fsp3) is 0.387. The van der Waals surface area contributed by atoms with Gasteiger partial charge < -0.3 is 9.84 Å². The number of thioether (sulfide) groups is 1. The second-order valence-electron chi connectivity index (χ2n) is 9.87. The van der Waals surface area contributed by atoms with Crippen LogP contribution in [0.1, 0.15) is 45.6 Å². The van der Waals surface area contributed by atoms with Gasteiger partial charge in [-0.3, -0.25) is 19.4 Å². The van der Waals surface area contributed by atoms with Gasteiger partial charge in [0.05, 0.1) is 12.5 Å². The number of carbonyl (C=O) groups excluding carboxylic acids is 3. The number of allylic oxidation sites excluding steroid dienone is 7. The molecular formula is C31H34ClNO6S. The van der Waals surface area contributed by atoms with Crippen LogP contribution in [0.2, 0.25) is 0 Å². The van der Waals surface area contributed by atoms with Crippen LogP contribution in [0.15, 0.2) is 81.9 Å². The Bertz CT molecular complexity index is 1290. The van der Waals surface area contributed by atoms with Gasteiger partial charge in [0.25, 0.3) is 0 Å². The highest BCUT2D eigenvalue weighted by atomic mass is 35.5. The number of halogens is 1. The maximum atomic E-state index is 13.0. The summed E-state index contributed by atoms with van der Waals surface area (Å²) in [7, 11) is 0. The van der Waals surface area contributed by atoms with Crippen LogP contribution >= 0.6 is 23.4 Å². The number of carboxylic acids is 1. The average Bonchev–Trinajstić information content (AvgIpc) is 2.91. The molecule has 2 aliphatic rings. The highest BCUT2D eigenvalue weighted by Gasteiger charge is 2.36. The van der Waals surface area contributed by atoms with Gasteiger partial charge in [0, 0.05) is 25.0 Å². The Hall–Kier alpha value is -3.23. The fourth-order valence-corrected chi connectivity index (χ4v) is 5.89. The number of aliphatic carboxylic acids is 1. The van der Waals surface area contributed by atoms with Crippen molar-refractivity contribution in [3.05, 3.63) is 82.5 Å². The molecule has 0 saturated heterocycles. The molecule has 1 aromatic rings. The molecule has 212 valence electrons. The molecule has 0 amide bonds. The van der Waals surface area contributed by atoms with Crippen molar-refractivity contribution < 1.29 is 29.0 Å². The van der Waals surface area contributed by atoms with Crippen molar-refractivity contribution >= 4 is 52.0 Å². The van der Waals surface area contributed by atoms with E-state index >= 15 is 0 Å². The second kappa shape index (κ2) is 15.0. The Morgan fingerprint density at radius 1 is 1.18 bits per heavy atom. The number of ketones is 1. The minimum absolute atomic E-state index is 0.0728. The number of rotatable bonds is 12. The molecule has 1 aromatic carbocycles. The first-order valence-electron chi connectivity index (χ1n) is 13.2. The molecule has 0 spiro atoms. The largest absolute Gasteiger partial charge is 0.477 e. The Balaban J connectivity index is 1.87. The minimum atomic E-state index is -1.21. The molecule has 1 aliphatic carbocycles. The maximum absolute atomic E-state index is 13.0. The molecule has 0 saturated carbocycles. The molecule has 3 atom stereocenters. The lowest BCUT2D eigenvalue weighted by atomic mass is 9.86. The number of Topliss-reactive ketones (excluding diaryl/α,β-unsaturated/α-hetero) is 1. The van der Waals surface area contributed by atoms with E-state index in [0.29, 0.717) is 17.7 Å². The van der Waals surface area contributed by atoms with Crippen molar-refractivity contribution in [2.75, 3.05) is 12.4 Å². The van der Waals surface area contributed by atoms with E-state index in [1.165, 1.54) is 11.8 Å². The minimum Gasteiger partial charge on any atom is -0.477 e. The predicted octanol–water partition coefficient (Wildman–Crippen LogP) is 5.89. The van der Waals surface area contributed by atoms with Crippen LogP contribution in [0.3, 0.4) is 0 Å². The Labute approximate surface area is 244 Å². The number of nitrogens with zero attached hydrogens (tertiary/aromatic N) is 1.